The van der Waals surface area contributed by atoms with Crippen LogP contribution in [0.1, 0.15) is 26.7 Å². The molecule has 0 atom stereocenters. The normalized spacial score (nSPS) is 16.0. The molecule has 6 nitrogen and oxygen atoms in total. The number of aromatic nitrogens is 2. The fraction of sp³-hybridized carbons (Fsp3) is 0.692. The number of hydrogen-bond acceptors (Lipinski definition) is 5. The number of hydrogen-bond donors (Lipinski definition) is 1. The third kappa shape index (κ3) is 3.77. The van der Waals surface area contributed by atoms with Crippen molar-refractivity contribution in [2.75, 3.05) is 18.1 Å². The Morgan fingerprint density at radius 2 is 2.10 bits per heavy atom. The van der Waals surface area contributed by atoms with Crippen molar-refractivity contribution >= 4 is 27.1 Å². The van der Waals surface area contributed by atoms with Gasteiger partial charge in [0, 0.05) is 19.3 Å². The lowest BCUT2D eigenvalue weighted by atomic mass is 10.2. The Kier molecular flexibility index (Phi) is 4.35. The molecule has 0 amide bonds. The van der Waals surface area contributed by atoms with Crippen LogP contribution in [0.4, 0.5) is 5.69 Å². The van der Waals surface area contributed by atoms with Crippen molar-refractivity contribution in [1.82, 2.24) is 9.78 Å². The van der Waals surface area contributed by atoms with Gasteiger partial charge in [0.15, 0.2) is 9.84 Å². The molecule has 0 radical (unpaired) electrons. The molecule has 0 unspecified atom stereocenters. The number of halogens is 1. The Morgan fingerprint density at radius 1 is 1.48 bits per heavy atom. The van der Waals surface area contributed by atoms with E-state index in [1.165, 1.54) is 17.1 Å². The van der Waals surface area contributed by atoms with Crippen LogP contribution in [0.3, 0.4) is 0 Å². The summed E-state index contributed by atoms with van der Waals surface area (Å²) >= 11 is 6.01. The van der Waals surface area contributed by atoms with Crippen LogP contribution < -0.4 is 10.9 Å². The molecule has 1 aromatic heterocycles. The Bertz CT molecular complexity index is 693. The Labute approximate surface area is 129 Å². The monoisotopic (exact) mass is 333 g/mol. The van der Waals surface area contributed by atoms with Crippen molar-refractivity contribution in [1.29, 1.82) is 0 Å². The SMILES string of the molecule is CC(C)(CNc1c(Cl)cnn(CC2CC2)c1=O)S(C)(=O)=O. The predicted octanol–water partition coefficient (Wildman–Crippen LogP) is 1.54. The number of rotatable bonds is 6. The number of anilines is 1. The molecule has 0 bridgehead atoms. The van der Waals surface area contributed by atoms with E-state index in [-0.39, 0.29) is 22.8 Å². The molecule has 1 aliphatic carbocycles. The highest BCUT2D eigenvalue weighted by molar-refractivity contribution is 7.92. The molecule has 0 aliphatic heterocycles. The van der Waals surface area contributed by atoms with Crippen LogP contribution in [-0.2, 0) is 16.4 Å². The largest absolute Gasteiger partial charge is 0.378 e. The molecule has 0 aromatic carbocycles. The minimum Gasteiger partial charge on any atom is -0.378 e. The van der Waals surface area contributed by atoms with Gasteiger partial charge in [0.2, 0.25) is 0 Å². The van der Waals surface area contributed by atoms with Gasteiger partial charge in [-0.1, -0.05) is 11.6 Å². The minimum atomic E-state index is -3.25. The van der Waals surface area contributed by atoms with Crippen molar-refractivity contribution in [2.24, 2.45) is 5.92 Å². The zero-order valence-corrected chi connectivity index (χ0v) is 14.0. The van der Waals surface area contributed by atoms with E-state index < -0.39 is 14.6 Å². The van der Waals surface area contributed by atoms with Crippen LogP contribution in [0.5, 0.6) is 0 Å². The van der Waals surface area contributed by atoms with Crippen molar-refractivity contribution < 1.29 is 8.42 Å². The summed E-state index contributed by atoms with van der Waals surface area (Å²) in [5.41, 5.74) is -0.0947. The fourth-order valence-electron chi connectivity index (χ4n) is 1.74. The first-order chi connectivity index (χ1) is 9.62. The lowest BCUT2D eigenvalue weighted by molar-refractivity contribution is 0.533. The minimum absolute atomic E-state index is 0.105. The second-order valence-electron chi connectivity index (χ2n) is 6.18. The highest BCUT2D eigenvalue weighted by Crippen LogP contribution is 2.30. The topological polar surface area (TPSA) is 81.1 Å². The van der Waals surface area contributed by atoms with Gasteiger partial charge in [0.25, 0.3) is 5.56 Å². The first-order valence-corrected chi connectivity index (χ1v) is 9.08. The summed E-state index contributed by atoms with van der Waals surface area (Å²) in [6.07, 6.45) is 4.82. The van der Waals surface area contributed by atoms with E-state index in [1.54, 1.807) is 13.8 Å². The van der Waals surface area contributed by atoms with E-state index in [2.05, 4.69) is 10.4 Å². The molecule has 1 aromatic rings. The maximum atomic E-state index is 12.3. The smallest absolute Gasteiger partial charge is 0.291 e. The molecule has 1 aliphatic rings. The van der Waals surface area contributed by atoms with Crippen LogP contribution in [0, 0.1) is 5.92 Å². The van der Waals surface area contributed by atoms with Crippen LogP contribution >= 0.6 is 11.6 Å². The summed E-state index contributed by atoms with van der Waals surface area (Å²) < 4.78 is 23.8. The summed E-state index contributed by atoms with van der Waals surface area (Å²) in [6, 6.07) is 0. The van der Waals surface area contributed by atoms with Crippen molar-refractivity contribution in [3.8, 4) is 0 Å². The van der Waals surface area contributed by atoms with E-state index in [9.17, 15) is 13.2 Å². The predicted molar refractivity (Wildman–Crippen MR) is 83.6 cm³/mol. The van der Waals surface area contributed by atoms with E-state index in [4.69, 9.17) is 11.6 Å². The third-order valence-corrected chi connectivity index (χ3v) is 6.26. The van der Waals surface area contributed by atoms with Gasteiger partial charge in [-0.2, -0.15) is 5.10 Å². The van der Waals surface area contributed by atoms with Crippen LogP contribution in [0.2, 0.25) is 5.02 Å². The van der Waals surface area contributed by atoms with Crippen LogP contribution in [-0.4, -0.2) is 35.7 Å². The average Bonchev–Trinajstić information content (AvgIpc) is 3.15. The number of nitrogens with zero attached hydrogens (tertiary/aromatic N) is 2. The van der Waals surface area contributed by atoms with Crippen LogP contribution in [0.25, 0.3) is 0 Å². The van der Waals surface area contributed by atoms with E-state index in [0.29, 0.717) is 12.5 Å². The molecule has 0 saturated heterocycles. The third-order valence-electron chi connectivity index (χ3n) is 3.82. The molecule has 1 saturated carbocycles. The van der Waals surface area contributed by atoms with E-state index >= 15 is 0 Å². The van der Waals surface area contributed by atoms with Crippen molar-refractivity contribution in [3.05, 3.63) is 21.6 Å². The van der Waals surface area contributed by atoms with Gasteiger partial charge in [-0.3, -0.25) is 4.79 Å². The maximum absolute atomic E-state index is 12.3. The van der Waals surface area contributed by atoms with Crippen LogP contribution in [0.15, 0.2) is 11.0 Å². The molecule has 0 spiro atoms. The lowest BCUT2D eigenvalue weighted by Gasteiger charge is -2.23. The Hall–Kier alpha value is -1.08. The Balaban J connectivity index is 2.21. The summed E-state index contributed by atoms with van der Waals surface area (Å²) in [5.74, 6) is 0.511. The first-order valence-electron chi connectivity index (χ1n) is 6.81. The number of nitrogens with one attached hydrogen (secondary N) is 1. The summed E-state index contributed by atoms with van der Waals surface area (Å²) in [7, 11) is -3.25. The zero-order chi connectivity index (χ0) is 15.8. The second kappa shape index (κ2) is 5.61. The van der Waals surface area contributed by atoms with E-state index in [1.807, 2.05) is 0 Å². The quantitative estimate of drug-likeness (QED) is 0.854. The molecule has 1 fully saturated rings. The Morgan fingerprint density at radius 3 is 2.62 bits per heavy atom. The molecule has 8 heteroatoms. The van der Waals surface area contributed by atoms with Gasteiger partial charge >= 0.3 is 0 Å². The molecule has 1 heterocycles. The number of sulfone groups is 1. The van der Waals surface area contributed by atoms with Gasteiger partial charge in [-0.05, 0) is 32.6 Å². The molecular formula is C13H20ClN3O3S. The van der Waals surface area contributed by atoms with Crippen molar-refractivity contribution in [3.63, 3.8) is 0 Å². The second-order valence-corrected chi connectivity index (χ2v) is 9.24. The summed E-state index contributed by atoms with van der Waals surface area (Å²) in [5, 5.41) is 7.11. The highest BCUT2D eigenvalue weighted by Gasteiger charge is 2.30. The average molecular weight is 334 g/mol. The standard InChI is InChI=1S/C13H20ClN3O3S/c1-13(2,21(3,19)20)8-15-11-10(14)6-16-17(12(11)18)7-9-4-5-9/h6,9,15H,4-5,7-8H2,1-3H3. The van der Waals surface area contributed by atoms with E-state index in [0.717, 1.165) is 12.8 Å². The van der Waals surface area contributed by atoms with Gasteiger partial charge < -0.3 is 5.32 Å². The molecular weight excluding hydrogens is 314 g/mol. The van der Waals surface area contributed by atoms with Gasteiger partial charge in [0.1, 0.15) is 5.69 Å². The van der Waals surface area contributed by atoms with Crippen molar-refractivity contribution in [2.45, 2.75) is 38.0 Å². The van der Waals surface area contributed by atoms with Gasteiger partial charge in [-0.25, -0.2) is 13.1 Å². The van der Waals surface area contributed by atoms with Gasteiger partial charge in [-0.15, -0.1) is 0 Å². The molecule has 118 valence electrons. The first kappa shape index (κ1) is 16.3. The molecule has 2 rings (SSSR count). The van der Waals surface area contributed by atoms with Gasteiger partial charge in [0.05, 0.1) is 16.0 Å². The zero-order valence-electron chi connectivity index (χ0n) is 12.4. The fourth-order valence-corrected chi connectivity index (χ4v) is 2.26. The molecule has 1 N–H and O–H groups in total. The lowest BCUT2D eigenvalue weighted by Crippen LogP contribution is -2.39. The summed E-state index contributed by atoms with van der Waals surface area (Å²) in [4.78, 5) is 12.3. The highest BCUT2D eigenvalue weighted by atomic mass is 35.5. The molecule has 21 heavy (non-hydrogen) atoms. The maximum Gasteiger partial charge on any atom is 0.291 e. The summed E-state index contributed by atoms with van der Waals surface area (Å²) in [6.45, 7) is 3.90.